The number of methoxy groups -OCH3 is 3. The second-order valence-electron chi connectivity index (χ2n) is 4.75. The maximum atomic E-state index is 5.71. The molecule has 21 heavy (non-hydrogen) atoms. The minimum Gasteiger partial charge on any atom is -0.493 e. The quantitative estimate of drug-likeness (QED) is 0.816. The van der Waals surface area contributed by atoms with Crippen molar-refractivity contribution >= 4 is 0 Å². The van der Waals surface area contributed by atoms with E-state index in [0.29, 0.717) is 30.5 Å². The molecule has 1 aliphatic heterocycles. The number of hydrogen-bond donors (Lipinski definition) is 1. The van der Waals surface area contributed by atoms with E-state index in [1.807, 2.05) is 12.1 Å². The molecule has 0 saturated carbocycles. The predicted octanol–water partition coefficient (Wildman–Crippen LogP) is 1.22. The van der Waals surface area contributed by atoms with Gasteiger partial charge in [-0.05, 0) is 17.7 Å². The molecule has 1 heterocycles. The van der Waals surface area contributed by atoms with Crippen molar-refractivity contribution in [3.63, 3.8) is 0 Å². The van der Waals surface area contributed by atoms with Crippen LogP contribution in [-0.2, 0) is 16.1 Å². The summed E-state index contributed by atoms with van der Waals surface area (Å²) in [4.78, 5) is 0. The van der Waals surface area contributed by atoms with Gasteiger partial charge in [-0.15, -0.1) is 0 Å². The Morgan fingerprint density at radius 1 is 1.14 bits per heavy atom. The van der Waals surface area contributed by atoms with Gasteiger partial charge in [0.1, 0.15) is 0 Å². The van der Waals surface area contributed by atoms with E-state index < -0.39 is 0 Å². The van der Waals surface area contributed by atoms with Crippen molar-refractivity contribution in [2.75, 3.05) is 47.6 Å². The summed E-state index contributed by atoms with van der Waals surface area (Å²) in [6.07, 6.45) is 0.112. The monoisotopic (exact) mass is 297 g/mol. The number of ether oxygens (including phenoxy) is 5. The summed E-state index contributed by atoms with van der Waals surface area (Å²) in [5.74, 6) is 1.85. The molecule has 1 N–H and O–H groups in total. The molecule has 0 aromatic heterocycles. The van der Waals surface area contributed by atoms with Gasteiger partial charge in [0, 0.05) is 13.1 Å². The molecular formula is C15H23NO5. The van der Waals surface area contributed by atoms with Crippen molar-refractivity contribution < 1.29 is 23.7 Å². The topological polar surface area (TPSA) is 58.2 Å². The maximum Gasteiger partial charge on any atom is 0.203 e. The molecule has 0 radical (unpaired) electrons. The molecule has 118 valence electrons. The molecule has 1 unspecified atom stereocenters. The van der Waals surface area contributed by atoms with Crippen LogP contribution in [0.4, 0.5) is 0 Å². The highest BCUT2D eigenvalue weighted by atomic mass is 16.5. The van der Waals surface area contributed by atoms with Crippen LogP contribution in [0, 0.1) is 0 Å². The average Bonchev–Trinajstić information content (AvgIpc) is 2.54. The molecule has 6 heteroatoms. The van der Waals surface area contributed by atoms with E-state index in [4.69, 9.17) is 23.7 Å². The van der Waals surface area contributed by atoms with Crippen LogP contribution in [0.1, 0.15) is 5.56 Å². The smallest absolute Gasteiger partial charge is 0.203 e. The summed E-state index contributed by atoms with van der Waals surface area (Å²) in [7, 11) is 4.79. The predicted molar refractivity (Wildman–Crippen MR) is 78.4 cm³/mol. The molecule has 1 saturated heterocycles. The van der Waals surface area contributed by atoms with E-state index in [1.54, 1.807) is 21.3 Å². The SMILES string of the molecule is COc1cc(COCC2CNCCO2)cc(OC)c1OC. The van der Waals surface area contributed by atoms with Crippen LogP contribution in [0.2, 0.25) is 0 Å². The second kappa shape index (κ2) is 8.07. The second-order valence-corrected chi connectivity index (χ2v) is 4.75. The molecule has 2 rings (SSSR count). The maximum absolute atomic E-state index is 5.71. The van der Waals surface area contributed by atoms with Crippen LogP contribution in [-0.4, -0.2) is 53.7 Å². The summed E-state index contributed by atoms with van der Waals surface area (Å²) >= 11 is 0. The molecule has 6 nitrogen and oxygen atoms in total. The van der Waals surface area contributed by atoms with E-state index in [1.165, 1.54) is 0 Å². The van der Waals surface area contributed by atoms with Crippen molar-refractivity contribution in [3.05, 3.63) is 17.7 Å². The summed E-state index contributed by atoms with van der Waals surface area (Å²) in [6, 6.07) is 3.78. The molecule has 0 amide bonds. The Labute approximate surface area is 125 Å². The molecule has 0 aliphatic carbocycles. The molecule has 0 spiro atoms. The Kier molecular flexibility index (Phi) is 6.10. The first-order chi connectivity index (χ1) is 10.3. The molecular weight excluding hydrogens is 274 g/mol. The zero-order valence-corrected chi connectivity index (χ0v) is 12.8. The van der Waals surface area contributed by atoms with E-state index in [2.05, 4.69) is 5.32 Å². The minimum absolute atomic E-state index is 0.112. The van der Waals surface area contributed by atoms with Crippen molar-refractivity contribution in [1.29, 1.82) is 0 Å². The molecule has 1 aromatic rings. The Bertz CT molecular complexity index is 421. The van der Waals surface area contributed by atoms with Crippen LogP contribution >= 0.6 is 0 Å². The summed E-state index contributed by atoms with van der Waals surface area (Å²) in [6.45, 7) is 3.50. The van der Waals surface area contributed by atoms with Gasteiger partial charge in [0.15, 0.2) is 11.5 Å². The first-order valence-corrected chi connectivity index (χ1v) is 6.97. The standard InChI is InChI=1S/C15H23NO5/c1-17-13-6-11(7-14(18-2)15(13)19-3)9-20-10-12-8-16-4-5-21-12/h6-7,12,16H,4-5,8-10H2,1-3H3. The summed E-state index contributed by atoms with van der Waals surface area (Å²) in [5, 5.41) is 3.27. The first-order valence-electron chi connectivity index (χ1n) is 6.97. The third kappa shape index (κ3) is 4.23. The number of hydrogen-bond acceptors (Lipinski definition) is 6. The van der Waals surface area contributed by atoms with Crippen LogP contribution < -0.4 is 19.5 Å². The Balaban J connectivity index is 1.95. The van der Waals surface area contributed by atoms with Crippen LogP contribution in [0.5, 0.6) is 17.2 Å². The van der Waals surface area contributed by atoms with Crippen molar-refractivity contribution in [1.82, 2.24) is 5.32 Å². The Morgan fingerprint density at radius 2 is 1.86 bits per heavy atom. The lowest BCUT2D eigenvalue weighted by atomic mass is 10.2. The van der Waals surface area contributed by atoms with E-state index >= 15 is 0 Å². The Hall–Kier alpha value is -1.50. The van der Waals surface area contributed by atoms with Crippen LogP contribution in [0.15, 0.2) is 12.1 Å². The molecule has 1 fully saturated rings. The lowest BCUT2D eigenvalue weighted by molar-refractivity contribution is -0.0358. The lowest BCUT2D eigenvalue weighted by Gasteiger charge is -2.23. The summed E-state index contributed by atoms with van der Waals surface area (Å²) < 4.78 is 27.2. The molecule has 1 atom stereocenters. The average molecular weight is 297 g/mol. The fourth-order valence-electron chi connectivity index (χ4n) is 2.25. The van der Waals surface area contributed by atoms with Crippen molar-refractivity contribution in [2.45, 2.75) is 12.7 Å². The fourth-order valence-corrected chi connectivity index (χ4v) is 2.25. The normalized spacial score (nSPS) is 18.3. The van der Waals surface area contributed by atoms with Gasteiger partial charge in [-0.25, -0.2) is 0 Å². The van der Waals surface area contributed by atoms with Gasteiger partial charge in [-0.1, -0.05) is 0 Å². The van der Waals surface area contributed by atoms with Crippen molar-refractivity contribution in [2.24, 2.45) is 0 Å². The van der Waals surface area contributed by atoms with E-state index in [0.717, 1.165) is 25.3 Å². The highest BCUT2D eigenvalue weighted by Crippen LogP contribution is 2.38. The van der Waals surface area contributed by atoms with Crippen molar-refractivity contribution in [3.8, 4) is 17.2 Å². The van der Waals surface area contributed by atoms with Gasteiger partial charge in [0.25, 0.3) is 0 Å². The highest BCUT2D eigenvalue weighted by Gasteiger charge is 2.15. The minimum atomic E-state index is 0.112. The zero-order chi connectivity index (χ0) is 15.1. The number of morpholine rings is 1. The number of nitrogens with one attached hydrogen (secondary N) is 1. The highest BCUT2D eigenvalue weighted by molar-refractivity contribution is 5.53. The van der Waals surface area contributed by atoms with Gasteiger partial charge < -0.3 is 29.0 Å². The third-order valence-electron chi connectivity index (χ3n) is 3.30. The number of benzene rings is 1. The molecule has 1 aromatic carbocycles. The van der Waals surface area contributed by atoms with Gasteiger partial charge in [0.05, 0.1) is 47.3 Å². The third-order valence-corrected chi connectivity index (χ3v) is 3.30. The van der Waals surface area contributed by atoms with Gasteiger partial charge >= 0.3 is 0 Å². The molecule has 0 bridgehead atoms. The van der Waals surface area contributed by atoms with Gasteiger partial charge in [-0.2, -0.15) is 0 Å². The summed E-state index contributed by atoms with van der Waals surface area (Å²) in [5.41, 5.74) is 0.966. The zero-order valence-electron chi connectivity index (χ0n) is 12.8. The molecule has 1 aliphatic rings. The van der Waals surface area contributed by atoms with E-state index in [-0.39, 0.29) is 6.10 Å². The van der Waals surface area contributed by atoms with Gasteiger partial charge in [0.2, 0.25) is 5.75 Å². The number of rotatable bonds is 7. The van der Waals surface area contributed by atoms with Crippen LogP contribution in [0.3, 0.4) is 0 Å². The fraction of sp³-hybridized carbons (Fsp3) is 0.600. The van der Waals surface area contributed by atoms with Gasteiger partial charge in [-0.3, -0.25) is 0 Å². The largest absolute Gasteiger partial charge is 0.493 e. The first kappa shape index (κ1) is 15.9. The van der Waals surface area contributed by atoms with E-state index in [9.17, 15) is 0 Å². The van der Waals surface area contributed by atoms with Crippen LogP contribution in [0.25, 0.3) is 0 Å². The Morgan fingerprint density at radius 3 is 2.38 bits per heavy atom. The lowest BCUT2D eigenvalue weighted by Crippen LogP contribution is -2.40.